The third kappa shape index (κ3) is 3.65. The van der Waals surface area contributed by atoms with E-state index in [1.165, 1.54) is 0 Å². The summed E-state index contributed by atoms with van der Waals surface area (Å²) in [6.07, 6.45) is 4.11. The van der Waals surface area contributed by atoms with Gasteiger partial charge < -0.3 is 14.8 Å². The van der Waals surface area contributed by atoms with Crippen LogP contribution in [0.2, 0.25) is 0 Å². The molecule has 1 aliphatic rings. The molecule has 1 atom stereocenters. The highest BCUT2D eigenvalue weighted by atomic mass is 16.5. The molecule has 0 radical (unpaired) electrons. The standard InChI is InChI=1S/C16H19N3O3/c1-19-9-8-15(18-19)17-16(20)12-4-6-13(7-5-12)22-11-14-3-2-10-21-14/h4-9,14H,2-3,10-11H2,1H3,(H,17,18,20). The molecule has 1 aliphatic heterocycles. The number of anilines is 1. The van der Waals surface area contributed by atoms with E-state index in [0.29, 0.717) is 18.0 Å². The van der Waals surface area contributed by atoms with Gasteiger partial charge in [-0.25, -0.2) is 0 Å². The Morgan fingerprint density at radius 2 is 2.23 bits per heavy atom. The van der Waals surface area contributed by atoms with Crippen LogP contribution in [0.5, 0.6) is 5.75 Å². The fourth-order valence-electron chi connectivity index (χ4n) is 2.34. The van der Waals surface area contributed by atoms with Crippen molar-refractivity contribution in [2.45, 2.75) is 18.9 Å². The lowest BCUT2D eigenvalue weighted by atomic mass is 10.2. The molecule has 2 aromatic rings. The number of aromatic nitrogens is 2. The van der Waals surface area contributed by atoms with Gasteiger partial charge in [-0.3, -0.25) is 9.48 Å². The van der Waals surface area contributed by atoms with Crippen LogP contribution in [0, 0.1) is 0 Å². The maximum atomic E-state index is 12.1. The van der Waals surface area contributed by atoms with E-state index in [-0.39, 0.29) is 12.0 Å². The number of nitrogens with one attached hydrogen (secondary N) is 1. The summed E-state index contributed by atoms with van der Waals surface area (Å²) in [5, 5.41) is 6.86. The summed E-state index contributed by atoms with van der Waals surface area (Å²) in [4.78, 5) is 12.1. The summed E-state index contributed by atoms with van der Waals surface area (Å²) in [7, 11) is 1.80. The number of carbonyl (C=O) groups is 1. The lowest BCUT2D eigenvalue weighted by Gasteiger charge is -2.11. The number of nitrogens with zero attached hydrogens (tertiary/aromatic N) is 2. The topological polar surface area (TPSA) is 65.4 Å². The van der Waals surface area contributed by atoms with Crippen LogP contribution in [0.25, 0.3) is 0 Å². The van der Waals surface area contributed by atoms with E-state index in [1.807, 2.05) is 0 Å². The van der Waals surface area contributed by atoms with Crippen molar-refractivity contribution >= 4 is 11.7 Å². The molecule has 116 valence electrons. The SMILES string of the molecule is Cn1ccc(NC(=O)c2ccc(OCC3CCCO3)cc2)n1. The molecule has 0 bridgehead atoms. The second kappa shape index (κ2) is 6.62. The van der Waals surface area contributed by atoms with Crippen LogP contribution in [0.3, 0.4) is 0 Å². The van der Waals surface area contributed by atoms with Crippen LogP contribution in [0.1, 0.15) is 23.2 Å². The van der Waals surface area contributed by atoms with Gasteiger partial charge in [0.25, 0.3) is 5.91 Å². The first kappa shape index (κ1) is 14.6. The third-order valence-corrected chi connectivity index (χ3v) is 3.53. The van der Waals surface area contributed by atoms with Crippen molar-refractivity contribution in [3.63, 3.8) is 0 Å². The van der Waals surface area contributed by atoms with Crippen molar-refractivity contribution in [1.82, 2.24) is 9.78 Å². The minimum Gasteiger partial charge on any atom is -0.491 e. The zero-order valence-electron chi connectivity index (χ0n) is 12.5. The molecule has 0 spiro atoms. The summed E-state index contributed by atoms with van der Waals surface area (Å²) >= 11 is 0. The van der Waals surface area contributed by atoms with Crippen LogP contribution >= 0.6 is 0 Å². The lowest BCUT2D eigenvalue weighted by Crippen LogP contribution is -2.16. The Labute approximate surface area is 129 Å². The second-order valence-electron chi connectivity index (χ2n) is 5.30. The highest BCUT2D eigenvalue weighted by Gasteiger charge is 2.16. The van der Waals surface area contributed by atoms with Crippen LogP contribution in [0.4, 0.5) is 5.82 Å². The van der Waals surface area contributed by atoms with E-state index in [1.54, 1.807) is 48.3 Å². The molecule has 1 aromatic carbocycles. The van der Waals surface area contributed by atoms with E-state index in [4.69, 9.17) is 9.47 Å². The van der Waals surface area contributed by atoms with Crippen LogP contribution < -0.4 is 10.1 Å². The van der Waals surface area contributed by atoms with Gasteiger partial charge in [-0.05, 0) is 37.1 Å². The fourth-order valence-corrected chi connectivity index (χ4v) is 2.34. The number of rotatable bonds is 5. The number of benzene rings is 1. The summed E-state index contributed by atoms with van der Waals surface area (Å²) in [6, 6.07) is 8.81. The van der Waals surface area contributed by atoms with Crippen molar-refractivity contribution in [3.05, 3.63) is 42.1 Å². The Morgan fingerprint density at radius 1 is 1.41 bits per heavy atom. The average Bonchev–Trinajstić information content (AvgIpc) is 3.17. The molecule has 0 aliphatic carbocycles. The van der Waals surface area contributed by atoms with Crippen molar-refractivity contribution in [1.29, 1.82) is 0 Å². The highest BCUT2D eigenvalue weighted by Crippen LogP contribution is 2.17. The second-order valence-corrected chi connectivity index (χ2v) is 5.30. The van der Waals surface area contributed by atoms with Gasteiger partial charge in [0.05, 0.1) is 6.10 Å². The third-order valence-electron chi connectivity index (χ3n) is 3.53. The molecule has 2 heterocycles. The summed E-state index contributed by atoms with van der Waals surface area (Å²) < 4.78 is 12.8. The number of hydrogen-bond donors (Lipinski definition) is 1. The summed E-state index contributed by atoms with van der Waals surface area (Å²) in [5.74, 6) is 1.08. The van der Waals surface area contributed by atoms with Gasteiger partial charge in [0, 0.05) is 31.5 Å². The quantitative estimate of drug-likeness (QED) is 0.919. The predicted octanol–water partition coefficient (Wildman–Crippen LogP) is 2.23. The van der Waals surface area contributed by atoms with Gasteiger partial charge in [-0.1, -0.05) is 0 Å². The number of aryl methyl sites for hydroxylation is 1. The minimum atomic E-state index is -0.190. The van der Waals surface area contributed by atoms with E-state index < -0.39 is 0 Å². The Kier molecular flexibility index (Phi) is 4.39. The van der Waals surface area contributed by atoms with Crippen molar-refractivity contribution < 1.29 is 14.3 Å². The Bertz CT molecular complexity index is 630. The zero-order valence-corrected chi connectivity index (χ0v) is 12.5. The van der Waals surface area contributed by atoms with E-state index in [9.17, 15) is 4.79 Å². The average molecular weight is 301 g/mol. The largest absolute Gasteiger partial charge is 0.491 e. The van der Waals surface area contributed by atoms with Gasteiger partial charge >= 0.3 is 0 Å². The van der Waals surface area contributed by atoms with Gasteiger partial charge in [-0.15, -0.1) is 0 Å². The molecular formula is C16H19N3O3. The first-order valence-corrected chi connectivity index (χ1v) is 7.36. The highest BCUT2D eigenvalue weighted by molar-refractivity contribution is 6.03. The van der Waals surface area contributed by atoms with E-state index in [2.05, 4.69) is 10.4 Å². The number of carbonyl (C=O) groups excluding carboxylic acids is 1. The molecule has 6 heteroatoms. The Morgan fingerprint density at radius 3 is 2.86 bits per heavy atom. The Hall–Kier alpha value is -2.34. The van der Waals surface area contributed by atoms with Crippen molar-refractivity contribution in [2.75, 3.05) is 18.5 Å². The van der Waals surface area contributed by atoms with Crippen molar-refractivity contribution in [3.8, 4) is 5.75 Å². The Balaban J connectivity index is 1.54. The maximum absolute atomic E-state index is 12.1. The molecule has 1 N–H and O–H groups in total. The van der Waals surface area contributed by atoms with Gasteiger partial charge in [0.1, 0.15) is 12.4 Å². The zero-order chi connectivity index (χ0) is 15.4. The molecular weight excluding hydrogens is 282 g/mol. The summed E-state index contributed by atoms with van der Waals surface area (Å²) in [5.41, 5.74) is 0.565. The van der Waals surface area contributed by atoms with Gasteiger partial charge in [0.15, 0.2) is 5.82 Å². The normalized spacial score (nSPS) is 17.4. The van der Waals surface area contributed by atoms with Crippen LogP contribution in [-0.2, 0) is 11.8 Å². The van der Waals surface area contributed by atoms with Gasteiger partial charge in [-0.2, -0.15) is 5.10 Å². The first-order valence-electron chi connectivity index (χ1n) is 7.36. The van der Waals surface area contributed by atoms with Crippen molar-refractivity contribution in [2.24, 2.45) is 7.05 Å². The lowest BCUT2D eigenvalue weighted by molar-refractivity contribution is 0.0679. The fraction of sp³-hybridized carbons (Fsp3) is 0.375. The molecule has 1 saturated heterocycles. The molecule has 0 saturated carbocycles. The van der Waals surface area contributed by atoms with Crippen LogP contribution in [0.15, 0.2) is 36.5 Å². The smallest absolute Gasteiger partial charge is 0.256 e. The number of hydrogen-bond acceptors (Lipinski definition) is 4. The predicted molar refractivity (Wildman–Crippen MR) is 82.1 cm³/mol. The number of ether oxygens (including phenoxy) is 2. The molecule has 1 fully saturated rings. The monoisotopic (exact) mass is 301 g/mol. The molecule has 6 nitrogen and oxygen atoms in total. The van der Waals surface area contributed by atoms with Crippen LogP contribution in [-0.4, -0.2) is 35.0 Å². The first-order chi connectivity index (χ1) is 10.7. The number of amides is 1. The molecule has 3 rings (SSSR count). The van der Waals surface area contributed by atoms with E-state index in [0.717, 1.165) is 25.2 Å². The molecule has 1 aromatic heterocycles. The maximum Gasteiger partial charge on any atom is 0.256 e. The minimum absolute atomic E-state index is 0.187. The molecule has 22 heavy (non-hydrogen) atoms. The van der Waals surface area contributed by atoms with E-state index >= 15 is 0 Å². The summed E-state index contributed by atoms with van der Waals surface area (Å²) in [6.45, 7) is 1.38. The van der Waals surface area contributed by atoms with Gasteiger partial charge in [0.2, 0.25) is 0 Å². The molecule has 1 amide bonds. The molecule has 1 unspecified atom stereocenters.